The van der Waals surface area contributed by atoms with Crippen molar-refractivity contribution in [1.29, 1.82) is 0 Å². The monoisotopic (exact) mass is 178 g/mol. The molecule has 70 valence electrons. The molecule has 1 aliphatic heterocycles. The maximum Gasteiger partial charge on any atom is 0.249 e. The fraction of sp³-hybridized carbons (Fsp3) is 0.200. The van der Waals surface area contributed by atoms with E-state index in [0.29, 0.717) is 11.5 Å². The third kappa shape index (κ3) is 2.40. The van der Waals surface area contributed by atoms with Gasteiger partial charge in [0.1, 0.15) is 5.84 Å². The average Bonchev–Trinajstić information content (AvgIpc) is 2.03. The Bertz CT molecular complexity index is 340. The van der Waals surface area contributed by atoms with Crippen LogP contribution in [0, 0.1) is 0 Å². The van der Waals surface area contributed by atoms with Crippen molar-refractivity contribution in [2.24, 2.45) is 4.99 Å². The summed E-state index contributed by atoms with van der Waals surface area (Å²) in [6.07, 6.45) is 5.10. The highest BCUT2D eigenvalue weighted by atomic mass is 16.1. The van der Waals surface area contributed by atoms with Crippen LogP contribution in [-0.2, 0) is 4.79 Å². The summed E-state index contributed by atoms with van der Waals surface area (Å²) in [6, 6.07) is 0. The van der Waals surface area contributed by atoms with Crippen LogP contribution in [0.1, 0.15) is 15.3 Å². The number of amidine groups is 1. The number of nitrogens with one attached hydrogen (secondary N) is 1. The van der Waals surface area contributed by atoms with Crippen LogP contribution in [-0.4, -0.2) is 11.7 Å². The highest BCUT2D eigenvalue weighted by molar-refractivity contribution is 6.15. The second-order valence-corrected chi connectivity index (χ2v) is 2.76. The molecular formula is C10H14N2O. The Hall–Kier alpha value is -1.64. The van der Waals surface area contributed by atoms with Gasteiger partial charge in [0.05, 0.1) is 0 Å². The summed E-state index contributed by atoms with van der Waals surface area (Å²) in [5.41, 5.74) is 1.58. The molecule has 3 heteroatoms. The van der Waals surface area contributed by atoms with Gasteiger partial charge in [0.25, 0.3) is 0 Å². The maximum atomic E-state index is 11.0. The summed E-state index contributed by atoms with van der Waals surface area (Å²) in [7, 11) is 0. The summed E-state index contributed by atoms with van der Waals surface area (Å²) < 4.78 is 0. The molecule has 1 heterocycles. The molecule has 0 unspecified atom stereocenters. The van der Waals surface area contributed by atoms with Gasteiger partial charge in [-0.25, -0.2) is 4.99 Å². The maximum absolute atomic E-state index is 11.0. The number of aliphatic imine (C=N–C) groups is 1. The van der Waals surface area contributed by atoms with E-state index in [-0.39, 0.29) is 7.33 Å². The minimum Gasteiger partial charge on any atom is -0.307 e. The van der Waals surface area contributed by atoms with Gasteiger partial charge in [-0.15, -0.1) is 0 Å². The molecule has 0 spiro atoms. The number of allylic oxidation sites excluding steroid dienone is 2. The lowest BCUT2D eigenvalue weighted by molar-refractivity contribution is -0.115. The van der Waals surface area contributed by atoms with Gasteiger partial charge in [-0.05, 0) is 19.9 Å². The zero-order chi connectivity index (χ0) is 9.84. The highest BCUT2D eigenvalue weighted by Gasteiger charge is 2.11. The molecule has 13 heavy (non-hydrogen) atoms. The van der Waals surface area contributed by atoms with E-state index in [1.165, 1.54) is 6.08 Å². The third-order valence-corrected chi connectivity index (χ3v) is 1.54. The SMILES string of the molecule is C=C(C)N=C1NC(=O)C=C/C1=C/C.[HH]. The Labute approximate surface area is 79.0 Å². The second-order valence-electron chi connectivity index (χ2n) is 2.76. The molecule has 1 aliphatic rings. The van der Waals surface area contributed by atoms with Crippen LogP contribution in [0.25, 0.3) is 0 Å². The van der Waals surface area contributed by atoms with Gasteiger partial charge in [-0.1, -0.05) is 12.7 Å². The number of carbonyl (C=O) groups is 1. The van der Waals surface area contributed by atoms with Gasteiger partial charge in [0.15, 0.2) is 0 Å². The minimum absolute atomic E-state index is 0. The lowest BCUT2D eigenvalue weighted by atomic mass is 10.1. The van der Waals surface area contributed by atoms with Crippen LogP contribution >= 0.6 is 0 Å². The molecule has 1 rings (SSSR count). The normalized spacial score (nSPS) is 22.2. The Morgan fingerprint density at radius 3 is 2.92 bits per heavy atom. The highest BCUT2D eigenvalue weighted by Crippen LogP contribution is 2.06. The molecular weight excluding hydrogens is 164 g/mol. The molecule has 0 saturated heterocycles. The number of amides is 1. The van der Waals surface area contributed by atoms with Crippen LogP contribution in [0.3, 0.4) is 0 Å². The van der Waals surface area contributed by atoms with Gasteiger partial charge >= 0.3 is 0 Å². The summed E-state index contributed by atoms with van der Waals surface area (Å²) in [5.74, 6) is 0.424. The van der Waals surface area contributed by atoms with Gasteiger partial charge in [-0.2, -0.15) is 0 Å². The van der Waals surface area contributed by atoms with E-state index in [1.807, 2.05) is 13.0 Å². The van der Waals surface area contributed by atoms with E-state index in [4.69, 9.17) is 0 Å². The van der Waals surface area contributed by atoms with Gasteiger partial charge < -0.3 is 5.32 Å². The molecule has 0 aromatic heterocycles. The number of nitrogens with zero attached hydrogens (tertiary/aromatic N) is 1. The van der Waals surface area contributed by atoms with Crippen molar-refractivity contribution < 1.29 is 6.22 Å². The molecule has 1 amide bonds. The molecule has 0 bridgehead atoms. The number of hydrogen-bond acceptors (Lipinski definition) is 2. The van der Waals surface area contributed by atoms with Gasteiger partial charge in [0.2, 0.25) is 5.91 Å². The van der Waals surface area contributed by atoms with Crippen molar-refractivity contribution in [2.45, 2.75) is 13.8 Å². The van der Waals surface area contributed by atoms with Crippen LogP contribution in [0.15, 0.2) is 41.1 Å². The Morgan fingerprint density at radius 2 is 2.38 bits per heavy atom. The van der Waals surface area contributed by atoms with Crippen LogP contribution in [0.4, 0.5) is 0 Å². The predicted octanol–water partition coefficient (Wildman–Crippen LogP) is 1.80. The van der Waals surface area contributed by atoms with Crippen LogP contribution in [0.5, 0.6) is 0 Å². The summed E-state index contributed by atoms with van der Waals surface area (Å²) in [6.45, 7) is 7.33. The number of hydrogen-bond donors (Lipinski definition) is 1. The van der Waals surface area contributed by atoms with E-state index in [2.05, 4.69) is 16.9 Å². The summed E-state index contributed by atoms with van der Waals surface area (Å²) in [5, 5.41) is 2.64. The average molecular weight is 178 g/mol. The molecule has 0 aliphatic carbocycles. The molecule has 0 aromatic rings. The van der Waals surface area contributed by atoms with Gasteiger partial charge in [0, 0.05) is 18.8 Å². The zero-order valence-electron chi connectivity index (χ0n) is 7.79. The van der Waals surface area contributed by atoms with Crippen molar-refractivity contribution in [3.63, 3.8) is 0 Å². The van der Waals surface area contributed by atoms with E-state index >= 15 is 0 Å². The van der Waals surface area contributed by atoms with Crippen molar-refractivity contribution in [1.82, 2.24) is 5.32 Å². The quantitative estimate of drug-likeness (QED) is 0.653. The number of rotatable bonds is 1. The number of carbonyl (C=O) groups excluding carboxylic acids is 1. The minimum atomic E-state index is -0.148. The second kappa shape index (κ2) is 3.85. The first-order valence-corrected chi connectivity index (χ1v) is 4.03. The molecule has 0 radical (unpaired) electrons. The van der Waals surface area contributed by atoms with Crippen molar-refractivity contribution in [2.75, 3.05) is 0 Å². The molecule has 0 aromatic carbocycles. The molecule has 3 nitrogen and oxygen atoms in total. The zero-order valence-corrected chi connectivity index (χ0v) is 7.79. The third-order valence-electron chi connectivity index (χ3n) is 1.54. The van der Waals surface area contributed by atoms with Crippen LogP contribution < -0.4 is 5.32 Å². The summed E-state index contributed by atoms with van der Waals surface area (Å²) >= 11 is 0. The summed E-state index contributed by atoms with van der Waals surface area (Å²) in [4.78, 5) is 15.1. The van der Waals surface area contributed by atoms with E-state index in [0.717, 1.165) is 5.57 Å². The Kier molecular flexibility index (Phi) is 2.80. The van der Waals surface area contributed by atoms with Crippen LogP contribution in [0.2, 0.25) is 0 Å². The molecule has 0 atom stereocenters. The van der Waals surface area contributed by atoms with E-state index in [9.17, 15) is 4.79 Å². The smallest absolute Gasteiger partial charge is 0.249 e. The lowest BCUT2D eigenvalue weighted by Crippen LogP contribution is -2.33. The molecule has 0 saturated carbocycles. The van der Waals surface area contributed by atoms with E-state index < -0.39 is 0 Å². The Morgan fingerprint density at radius 1 is 1.69 bits per heavy atom. The first kappa shape index (κ1) is 9.45. The van der Waals surface area contributed by atoms with E-state index in [1.54, 1.807) is 13.0 Å². The van der Waals surface area contributed by atoms with Gasteiger partial charge in [-0.3, -0.25) is 4.79 Å². The van der Waals surface area contributed by atoms with Crippen molar-refractivity contribution >= 4 is 11.7 Å². The first-order valence-electron chi connectivity index (χ1n) is 4.03. The molecule has 1 N–H and O–H groups in total. The lowest BCUT2D eigenvalue weighted by Gasteiger charge is -2.12. The van der Waals surface area contributed by atoms with Crippen molar-refractivity contribution in [3.8, 4) is 0 Å². The van der Waals surface area contributed by atoms with Crippen molar-refractivity contribution in [3.05, 3.63) is 36.1 Å². The standard InChI is InChI=1S/C10H12N2O.H2/c1-4-8-5-6-9(13)12-10(8)11-7(2)3;/h4-6H,2H2,1,3H3,(H,11,12,13);1H/b8-4-;. The topological polar surface area (TPSA) is 41.5 Å². The fourth-order valence-corrected chi connectivity index (χ4v) is 0.991. The fourth-order valence-electron chi connectivity index (χ4n) is 0.991. The molecule has 0 fully saturated rings. The first-order chi connectivity index (χ1) is 6.13. The predicted molar refractivity (Wildman–Crippen MR) is 55.4 cm³/mol. The largest absolute Gasteiger partial charge is 0.307 e. The Balaban J connectivity index is 0.00000169.